The molecule has 6 heteroatoms. The van der Waals surface area contributed by atoms with Crippen LogP contribution in [0, 0.1) is 20.8 Å². The smallest absolute Gasteiger partial charge is 0.237 e. The summed E-state index contributed by atoms with van der Waals surface area (Å²) in [7, 11) is -3.50. The first-order valence-corrected chi connectivity index (χ1v) is 10.1. The maximum Gasteiger partial charge on any atom is 0.237 e. The molecule has 136 valence electrons. The molecule has 0 saturated heterocycles. The molecule has 0 saturated carbocycles. The lowest BCUT2D eigenvalue weighted by atomic mass is 10.1. The SMILES string of the molecule is Cc1cccc(Cn2nc(C)c(NS(=O)(=O)Cc3ccccc3)c2C)c1. The number of nitrogens with zero attached hydrogens (tertiary/aromatic N) is 2. The van der Waals surface area contributed by atoms with Crippen LogP contribution in [0.5, 0.6) is 0 Å². The van der Waals surface area contributed by atoms with Gasteiger partial charge in [-0.05, 0) is 31.9 Å². The zero-order valence-corrected chi connectivity index (χ0v) is 16.0. The van der Waals surface area contributed by atoms with Gasteiger partial charge in [0.25, 0.3) is 0 Å². The number of rotatable bonds is 6. The molecule has 3 aromatic rings. The average molecular weight is 369 g/mol. The fraction of sp³-hybridized carbons (Fsp3) is 0.250. The van der Waals surface area contributed by atoms with Gasteiger partial charge in [0.15, 0.2) is 0 Å². The summed E-state index contributed by atoms with van der Waals surface area (Å²) in [5, 5.41) is 4.52. The van der Waals surface area contributed by atoms with Crippen LogP contribution in [-0.2, 0) is 22.3 Å². The summed E-state index contributed by atoms with van der Waals surface area (Å²) in [6.07, 6.45) is 0. The highest BCUT2D eigenvalue weighted by Crippen LogP contribution is 2.23. The molecule has 0 aliphatic rings. The fourth-order valence-electron chi connectivity index (χ4n) is 2.97. The molecule has 0 aliphatic carbocycles. The third kappa shape index (κ3) is 4.32. The number of nitrogens with one attached hydrogen (secondary N) is 1. The van der Waals surface area contributed by atoms with E-state index in [2.05, 4.69) is 15.9 Å². The van der Waals surface area contributed by atoms with Gasteiger partial charge >= 0.3 is 0 Å². The number of aromatic nitrogens is 2. The summed E-state index contributed by atoms with van der Waals surface area (Å²) < 4.78 is 29.6. The Kier molecular flexibility index (Phi) is 5.13. The lowest BCUT2D eigenvalue weighted by Crippen LogP contribution is -2.16. The second-order valence-corrected chi connectivity index (χ2v) is 8.26. The van der Waals surface area contributed by atoms with Gasteiger partial charge < -0.3 is 0 Å². The van der Waals surface area contributed by atoms with Crippen LogP contribution >= 0.6 is 0 Å². The van der Waals surface area contributed by atoms with Gasteiger partial charge in [-0.3, -0.25) is 9.40 Å². The molecule has 0 spiro atoms. The van der Waals surface area contributed by atoms with Crippen molar-refractivity contribution in [1.82, 2.24) is 9.78 Å². The van der Waals surface area contributed by atoms with Gasteiger partial charge in [0.1, 0.15) is 0 Å². The van der Waals surface area contributed by atoms with Crippen molar-refractivity contribution in [3.63, 3.8) is 0 Å². The highest BCUT2D eigenvalue weighted by molar-refractivity contribution is 7.91. The molecule has 0 amide bonds. The van der Waals surface area contributed by atoms with Crippen molar-refractivity contribution in [2.24, 2.45) is 0 Å². The van der Waals surface area contributed by atoms with Crippen molar-refractivity contribution in [3.05, 3.63) is 82.7 Å². The quantitative estimate of drug-likeness (QED) is 0.719. The van der Waals surface area contributed by atoms with E-state index in [0.29, 0.717) is 17.9 Å². The number of benzene rings is 2. The Labute approximate surface area is 154 Å². The lowest BCUT2D eigenvalue weighted by molar-refractivity contribution is 0.600. The predicted octanol–water partition coefficient (Wildman–Crippen LogP) is 3.80. The van der Waals surface area contributed by atoms with Crippen molar-refractivity contribution in [1.29, 1.82) is 0 Å². The minimum Gasteiger partial charge on any atom is -0.280 e. The van der Waals surface area contributed by atoms with Crippen LogP contribution in [0.3, 0.4) is 0 Å². The minimum atomic E-state index is -3.50. The van der Waals surface area contributed by atoms with Crippen LogP contribution < -0.4 is 4.72 Å². The molecule has 0 bridgehead atoms. The van der Waals surface area contributed by atoms with Crippen LogP contribution in [-0.4, -0.2) is 18.2 Å². The predicted molar refractivity (Wildman–Crippen MR) is 105 cm³/mol. The molecule has 3 rings (SSSR count). The van der Waals surface area contributed by atoms with Gasteiger partial charge in [0.2, 0.25) is 10.0 Å². The zero-order valence-electron chi connectivity index (χ0n) is 15.2. The summed E-state index contributed by atoms with van der Waals surface area (Å²) >= 11 is 0. The Morgan fingerprint density at radius 3 is 2.35 bits per heavy atom. The lowest BCUT2D eigenvalue weighted by Gasteiger charge is -2.09. The van der Waals surface area contributed by atoms with Gasteiger partial charge in [-0.15, -0.1) is 0 Å². The molecule has 1 aromatic heterocycles. The van der Waals surface area contributed by atoms with Crippen LogP contribution in [0.1, 0.15) is 28.1 Å². The van der Waals surface area contributed by atoms with E-state index in [-0.39, 0.29) is 5.75 Å². The first-order valence-electron chi connectivity index (χ1n) is 8.48. The molecular formula is C20H23N3O2S. The van der Waals surface area contributed by atoms with E-state index in [0.717, 1.165) is 16.8 Å². The number of aryl methyl sites for hydroxylation is 2. The Morgan fingerprint density at radius 1 is 0.962 bits per heavy atom. The Balaban J connectivity index is 1.81. The van der Waals surface area contributed by atoms with Crippen LogP contribution in [0.15, 0.2) is 54.6 Å². The van der Waals surface area contributed by atoms with Gasteiger partial charge in [-0.25, -0.2) is 8.42 Å². The molecular weight excluding hydrogens is 346 g/mol. The van der Waals surface area contributed by atoms with E-state index in [1.165, 1.54) is 5.56 Å². The third-order valence-electron chi connectivity index (χ3n) is 4.25. The summed E-state index contributed by atoms with van der Waals surface area (Å²) in [5.74, 6) is -0.0597. The van der Waals surface area contributed by atoms with E-state index < -0.39 is 10.0 Å². The maximum atomic E-state index is 12.5. The van der Waals surface area contributed by atoms with E-state index in [9.17, 15) is 8.42 Å². The first kappa shape index (κ1) is 18.2. The second kappa shape index (κ2) is 7.33. The first-order chi connectivity index (χ1) is 12.3. The Hall–Kier alpha value is -2.60. The van der Waals surface area contributed by atoms with Gasteiger partial charge in [-0.1, -0.05) is 60.2 Å². The third-order valence-corrected chi connectivity index (χ3v) is 5.48. The molecule has 0 aliphatic heterocycles. The molecule has 0 unspecified atom stereocenters. The standard InChI is InChI=1S/C20H23N3O2S/c1-15-8-7-11-19(12-15)13-23-17(3)20(16(2)21-23)22-26(24,25)14-18-9-5-4-6-10-18/h4-12,22H,13-14H2,1-3H3. The Bertz CT molecular complexity index is 1010. The summed E-state index contributed by atoms with van der Waals surface area (Å²) in [6.45, 7) is 6.36. The van der Waals surface area contributed by atoms with E-state index in [1.54, 1.807) is 12.1 Å². The summed E-state index contributed by atoms with van der Waals surface area (Å²) in [6, 6.07) is 17.4. The highest BCUT2D eigenvalue weighted by Gasteiger charge is 2.18. The number of hydrogen-bond donors (Lipinski definition) is 1. The second-order valence-electron chi connectivity index (χ2n) is 6.54. The molecule has 0 fully saturated rings. The fourth-order valence-corrected chi connectivity index (χ4v) is 4.28. The van der Waals surface area contributed by atoms with Crippen LogP contribution in [0.2, 0.25) is 0 Å². The molecule has 2 aromatic carbocycles. The molecule has 0 atom stereocenters. The zero-order chi connectivity index (χ0) is 18.7. The summed E-state index contributed by atoms with van der Waals surface area (Å²) in [5.41, 5.74) is 5.12. The molecule has 5 nitrogen and oxygen atoms in total. The van der Waals surface area contributed by atoms with Crippen molar-refractivity contribution in [2.75, 3.05) is 4.72 Å². The minimum absolute atomic E-state index is 0.0597. The van der Waals surface area contributed by atoms with Crippen LogP contribution in [0.4, 0.5) is 5.69 Å². The van der Waals surface area contributed by atoms with Crippen LogP contribution in [0.25, 0.3) is 0 Å². The molecule has 0 radical (unpaired) electrons. The molecule has 1 heterocycles. The highest BCUT2D eigenvalue weighted by atomic mass is 32.2. The van der Waals surface area contributed by atoms with Crippen molar-refractivity contribution < 1.29 is 8.42 Å². The van der Waals surface area contributed by atoms with Gasteiger partial charge in [0.05, 0.1) is 29.4 Å². The van der Waals surface area contributed by atoms with E-state index in [1.807, 2.05) is 61.9 Å². The Morgan fingerprint density at radius 2 is 1.65 bits per heavy atom. The van der Waals surface area contributed by atoms with Crippen molar-refractivity contribution in [3.8, 4) is 0 Å². The van der Waals surface area contributed by atoms with Crippen molar-refractivity contribution in [2.45, 2.75) is 33.1 Å². The number of sulfonamides is 1. The number of anilines is 1. The number of hydrogen-bond acceptors (Lipinski definition) is 3. The molecule has 26 heavy (non-hydrogen) atoms. The topological polar surface area (TPSA) is 64.0 Å². The van der Waals surface area contributed by atoms with E-state index >= 15 is 0 Å². The van der Waals surface area contributed by atoms with Gasteiger partial charge in [-0.2, -0.15) is 5.10 Å². The normalized spacial score (nSPS) is 11.5. The van der Waals surface area contributed by atoms with Gasteiger partial charge in [0, 0.05) is 0 Å². The molecule has 1 N–H and O–H groups in total. The maximum absolute atomic E-state index is 12.5. The summed E-state index contributed by atoms with van der Waals surface area (Å²) in [4.78, 5) is 0. The van der Waals surface area contributed by atoms with E-state index in [4.69, 9.17) is 0 Å². The largest absolute Gasteiger partial charge is 0.280 e. The van der Waals surface area contributed by atoms with Crippen molar-refractivity contribution >= 4 is 15.7 Å². The average Bonchev–Trinajstić information content (AvgIpc) is 2.82. The monoisotopic (exact) mass is 369 g/mol.